The quantitative estimate of drug-likeness (QED) is 0.860. The monoisotopic (exact) mass is 264 g/mol. The lowest BCUT2D eigenvalue weighted by Gasteiger charge is -2.35. The van der Waals surface area contributed by atoms with Crippen LogP contribution in [0.3, 0.4) is 0 Å². The summed E-state index contributed by atoms with van der Waals surface area (Å²) in [6.07, 6.45) is -4.66. The van der Waals surface area contributed by atoms with Crippen molar-refractivity contribution in [1.29, 1.82) is 0 Å². The van der Waals surface area contributed by atoms with Crippen LogP contribution in [0.5, 0.6) is 0 Å². The lowest BCUT2D eigenvalue weighted by Crippen LogP contribution is -2.45. The molecule has 0 saturated heterocycles. The minimum absolute atomic E-state index is 0.00822. The number of aromatic nitrogens is 2. The van der Waals surface area contributed by atoms with Gasteiger partial charge in [0.2, 0.25) is 5.82 Å². The lowest BCUT2D eigenvalue weighted by atomic mass is 10.1. The molecule has 102 valence electrons. The fourth-order valence-electron chi connectivity index (χ4n) is 1.17. The second kappa shape index (κ2) is 4.60. The van der Waals surface area contributed by atoms with E-state index in [0.29, 0.717) is 0 Å². The van der Waals surface area contributed by atoms with Gasteiger partial charge in [0.1, 0.15) is 11.6 Å². The van der Waals surface area contributed by atoms with Gasteiger partial charge >= 0.3 is 6.18 Å². The average Bonchev–Trinajstić information content (AvgIpc) is 2.26. The van der Waals surface area contributed by atoms with Gasteiger partial charge < -0.3 is 15.7 Å². The van der Waals surface area contributed by atoms with Gasteiger partial charge in [-0.05, 0) is 13.8 Å². The number of hydrogen-bond acceptors (Lipinski definition) is 5. The predicted molar refractivity (Wildman–Crippen MR) is 61.0 cm³/mol. The summed E-state index contributed by atoms with van der Waals surface area (Å²) >= 11 is 0. The smallest absolute Gasteiger partial charge is 0.394 e. The van der Waals surface area contributed by atoms with Crippen LogP contribution in [0.2, 0.25) is 0 Å². The molecule has 0 bridgehead atoms. The lowest BCUT2D eigenvalue weighted by molar-refractivity contribution is -0.144. The Labute approximate surface area is 102 Å². The Balaban J connectivity index is 3.23. The Morgan fingerprint density at radius 3 is 2.33 bits per heavy atom. The maximum Gasteiger partial charge on any atom is 0.451 e. The number of hydrogen-bond donors (Lipinski definition) is 2. The average molecular weight is 264 g/mol. The van der Waals surface area contributed by atoms with Crippen LogP contribution >= 0.6 is 0 Å². The van der Waals surface area contributed by atoms with E-state index >= 15 is 0 Å². The maximum absolute atomic E-state index is 12.5. The van der Waals surface area contributed by atoms with Crippen LogP contribution in [0.1, 0.15) is 19.7 Å². The Kier molecular flexibility index (Phi) is 3.70. The molecule has 1 aromatic rings. The molecule has 0 fully saturated rings. The highest BCUT2D eigenvalue weighted by atomic mass is 19.4. The minimum Gasteiger partial charge on any atom is -0.394 e. The fourth-order valence-corrected chi connectivity index (χ4v) is 1.17. The van der Waals surface area contributed by atoms with Crippen molar-refractivity contribution < 1.29 is 18.3 Å². The summed E-state index contributed by atoms with van der Waals surface area (Å²) in [4.78, 5) is 7.98. The van der Waals surface area contributed by atoms with Crippen molar-refractivity contribution in [2.75, 3.05) is 24.3 Å². The number of aliphatic hydroxyl groups excluding tert-OH is 1. The van der Waals surface area contributed by atoms with E-state index in [-0.39, 0.29) is 18.2 Å². The first kappa shape index (κ1) is 14.5. The number of halogens is 3. The molecule has 0 atom stereocenters. The van der Waals surface area contributed by atoms with E-state index in [9.17, 15) is 18.3 Å². The van der Waals surface area contributed by atoms with E-state index in [1.165, 1.54) is 18.0 Å². The van der Waals surface area contributed by atoms with Crippen molar-refractivity contribution in [3.63, 3.8) is 0 Å². The number of nitrogens with zero attached hydrogens (tertiary/aromatic N) is 3. The first-order valence-corrected chi connectivity index (χ1v) is 5.14. The zero-order valence-corrected chi connectivity index (χ0v) is 10.3. The minimum atomic E-state index is -4.66. The van der Waals surface area contributed by atoms with Gasteiger partial charge in [-0.15, -0.1) is 0 Å². The summed E-state index contributed by atoms with van der Waals surface area (Å²) in [5, 5.41) is 9.19. The first-order chi connectivity index (χ1) is 8.08. The van der Waals surface area contributed by atoms with Gasteiger partial charge in [0, 0.05) is 13.1 Å². The highest BCUT2D eigenvalue weighted by molar-refractivity contribution is 5.48. The number of nitrogens with two attached hydrogens (primary N) is 1. The number of aliphatic hydroxyl groups is 1. The second-order valence-corrected chi connectivity index (χ2v) is 4.50. The zero-order valence-electron chi connectivity index (χ0n) is 10.3. The van der Waals surface area contributed by atoms with Gasteiger partial charge in [-0.2, -0.15) is 13.2 Å². The largest absolute Gasteiger partial charge is 0.451 e. The molecular weight excluding hydrogens is 249 g/mol. The Morgan fingerprint density at radius 2 is 1.89 bits per heavy atom. The summed E-state index contributed by atoms with van der Waals surface area (Å²) in [5.74, 6) is -1.56. The Hall–Kier alpha value is -1.57. The predicted octanol–water partition coefficient (Wildman–Crippen LogP) is 1.28. The molecule has 18 heavy (non-hydrogen) atoms. The number of anilines is 2. The number of rotatable bonds is 3. The molecule has 0 aliphatic carbocycles. The van der Waals surface area contributed by atoms with Crippen molar-refractivity contribution in [2.45, 2.75) is 25.6 Å². The van der Waals surface area contributed by atoms with E-state index in [1.54, 1.807) is 13.8 Å². The molecule has 0 aromatic carbocycles. The summed E-state index contributed by atoms with van der Waals surface area (Å²) in [5.41, 5.74) is 4.58. The third kappa shape index (κ3) is 3.00. The van der Waals surface area contributed by atoms with Crippen LogP contribution in [-0.4, -0.2) is 34.3 Å². The molecule has 0 saturated carbocycles. The molecule has 3 N–H and O–H groups in total. The molecule has 0 unspecified atom stereocenters. The van der Waals surface area contributed by atoms with Crippen molar-refractivity contribution >= 4 is 11.6 Å². The summed E-state index contributed by atoms with van der Waals surface area (Å²) in [6, 6.07) is 1.23. The van der Waals surface area contributed by atoms with Crippen LogP contribution in [0.25, 0.3) is 0 Å². The van der Waals surface area contributed by atoms with Gasteiger partial charge in [0.05, 0.1) is 12.1 Å². The van der Waals surface area contributed by atoms with E-state index in [1.807, 2.05) is 0 Å². The molecule has 1 heterocycles. The standard InChI is InChI=1S/C10H15F3N4O/c1-9(2,5-18)17(3)7-4-6(14)15-8(16-7)10(11,12)13/h4,18H,5H2,1-3H3,(H2,14,15,16). The highest BCUT2D eigenvalue weighted by Gasteiger charge is 2.36. The summed E-state index contributed by atoms with van der Waals surface area (Å²) < 4.78 is 37.6. The topological polar surface area (TPSA) is 75.3 Å². The van der Waals surface area contributed by atoms with Gasteiger partial charge in [0.25, 0.3) is 0 Å². The third-order valence-corrected chi connectivity index (χ3v) is 2.62. The molecule has 8 heteroatoms. The molecule has 0 radical (unpaired) electrons. The number of alkyl halides is 3. The second-order valence-electron chi connectivity index (χ2n) is 4.50. The first-order valence-electron chi connectivity index (χ1n) is 5.14. The molecule has 0 aliphatic rings. The normalized spacial score (nSPS) is 12.6. The van der Waals surface area contributed by atoms with Gasteiger partial charge in [0.15, 0.2) is 0 Å². The molecular formula is C10H15F3N4O. The van der Waals surface area contributed by atoms with Crippen molar-refractivity contribution in [3.05, 3.63) is 11.9 Å². The van der Waals surface area contributed by atoms with Crippen LogP contribution < -0.4 is 10.6 Å². The highest BCUT2D eigenvalue weighted by Crippen LogP contribution is 2.29. The summed E-state index contributed by atoms with van der Waals surface area (Å²) in [7, 11) is 1.53. The van der Waals surface area contributed by atoms with Crippen LogP contribution in [0, 0.1) is 0 Å². The zero-order chi connectivity index (χ0) is 14.1. The van der Waals surface area contributed by atoms with E-state index in [4.69, 9.17) is 5.73 Å². The summed E-state index contributed by atoms with van der Waals surface area (Å²) in [6.45, 7) is 3.09. The van der Waals surface area contributed by atoms with Crippen molar-refractivity contribution in [2.24, 2.45) is 0 Å². The molecule has 0 amide bonds. The van der Waals surface area contributed by atoms with Crippen LogP contribution in [0.15, 0.2) is 6.07 Å². The Bertz CT molecular complexity index is 434. The van der Waals surface area contributed by atoms with Crippen molar-refractivity contribution in [1.82, 2.24) is 9.97 Å². The van der Waals surface area contributed by atoms with Crippen LogP contribution in [-0.2, 0) is 6.18 Å². The Morgan fingerprint density at radius 1 is 1.33 bits per heavy atom. The van der Waals surface area contributed by atoms with E-state index in [2.05, 4.69) is 9.97 Å². The van der Waals surface area contributed by atoms with Crippen molar-refractivity contribution in [3.8, 4) is 0 Å². The van der Waals surface area contributed by atoms with E-state index in [0.717, 1.165) is 0 Å². The van der Waals surface area contributed by atoms with E-state index < -0.39 is 17.5 Å². The molecule has 0 spiro atoms. The van der Waals surface area contributed by atoms with Gasteiger partial charge in [-0.1, -0.05) is 0 Å². The fraction of sp³-hybridized carbons (Fsp3) is 0.600. The maximum atomic E-state index is 12.5. The number of likely N-dealkylation sites (N-methyl/N-ethyl adjacent to an activating group) is 1. The van der Waals surface area contributed by atoms with Gasteiger partial charge in [-0.25, -0.2) is 9.97 Å². The number of nitrogen functional groups attached to an aromatic ring is 1. The van der Waals surface area contributed by atoms with Gasteiger partial charge in [-0.3, -0.25) is 0 Å². The molecule has 1 rings (SSSR count). The SMILES string of the molecule is CN(c1cc(N)nc(C(F)(F)F)n1)C(C)(C)CO. The molecule has 5 nitrogen and oxygen atoms in total. The molecule has 1 aromatic heterocycles. The molecule has 0 aliphatic heterocycles. The van der Waals surface area contributed by atoms with Crippen LogP contribution in [0.4, 0.5) is 24.8 Å². The third-order valence-electron chi connectivity index (χ3n) is 2.62.